The number of aromatic nitrogens is 4. The maximum atomic E-state index is 13.6. The van der Waals surface area contributed by atoms with E-state index in [4.69, 9.17) is 10.9 Å². The molecular weight excluding hydrogens is 380 g/mol. The maximum absolute atomic E-state index is 13.6. The molecule has 1 aromatic carbocycles. The fourth-order valence-electron chi connectivity index (χ4n) is 2.76. The summed E-state index contributed by atoms with van der Waals surface area (Å²) in [7, 11) is 0. The summed E-state index contributed by atoms with van der Waals surface area (Å²) < 4.78 is 33.7. The van der Waals surface area contributed by atoms with Gasteiger partial charge in [0.05, 0.1) is 18.3 Å². The lowest BCUT2D eigenvalue weighted by Gasteiger charge is -2.09. The number of nitrogens with one attached hydrogen (secondary N) is 1. The molecule has 3 aromatic rings. The molecule has 0 unspecified atom stereocenters. The van der Waals surface area contributed by atoms with Crippen LogP contribution in [0.5, 0.6) is 0 Å². The molecule has 0 aliphatic carbocycles. The Morgan fingerprint density at radius 2 is 2.17 bits per heavy atom. The van der Waals surface area contributed by atoms with Crippen LogP contribution in [-0.2, 0) is 6.54 Å². The molecule has 1 amide bonds. The summed E-state index contributed by atoms with van der Waals surface area (Å²) in [6, 6.07) is 6.52. The van der Waals surface area contributed by atoms with Crippen molar-refractivity contribution in [2.75, 3.05) is 6.54 Å². The summed E-state index contributed by atoms with van der Waals surface area (Å²) in [4.78, 5) is 16.3. The number of nitrogens with zero attached hydrogens (tertiary/aromatic N) is 4. The van der Waals surface area contributed by atoms with Gasteiger partial charge in [0.15, 0.2) is 0 Å². The zero-order chi connectivity index (χ0) is 21.0. The number of carbonyl (C=O) groups is 1. The van der Waals surface area contributed by atoms with Crippen LogP contribution in [0.25, 0.3) is 22.8 Å². The number of benzene rings is 1. The van der Waals surface area contributed by atoms with Crippen molar-refractivity contribution in [2.24, 2.45) is 5.92 Å². The summed E-state index contributed by atoms with van der Waals surface area (Å²) in [6.45, 7) is 4.27. The lowest BCUT2D eigenvalue weighted by atomic mass is 10.1. The fourth-order valence-corrected chi connectivity index (χ4v) is 2.76. The summed E-state index contributed by atoms with van der Waals surface area (Å²) in [5.41, 5.74) is 0.683. The van der Waals surface area contributed by atoms with Crippen LogP contribution in [0.15, 0.2) is 35.0 Å². The Hall–Kier alpha value is -3.54. The second kappa shape index (κ2) is 8.65. The molecule has 0 fully saturated rings. The van der Waals surface area contributed by atoms with Gasteiger partial charge in [-0.3, -0.25) is 9.48 Å². The van der Waals surface area contributed by atoms with Gasteiger partial charge in [0.2, 0.25) is 5.82 Å². The van der Waals surface area contributed by atoms with E-state index in [-0.39, 0.29) is 41.3 Å². The SMILES string of the molecule is C#CCNC(=O)c1cccc(-c2noc(-c3cnn(CC(C)C)c3C(F)F)n2)c1. The van der Waals surface area contributed by atoms with Crippen molar-refractivity contribution in [2.45, 2.75) is 26.8 Å². The maximum Gasteiger partial charge on any atom is 0.280 e. The highest BCUT2D eigenvalue weighted by molar-refractivity contribution is 5.95. The van der Waals surface area contributed by atoms with Crippen LogP contribution in [0.2, 0.25) is 0 Å². The minimum atomic E-state index is -2.75. The highest BCUT2D eigenvalue weighted by atomic mass is 19.3. The van der Waals surface area contributed by atoms with Crippen molar-refractivity contribution >= 4 is 5.91 Å². The number of carbonyl (C=O) groups excluding carboxylic acids is 1. The molecule has 2 aromatic heterocycles. The molecule has 150 valence electrons. The predicted molar refractivity (Wildman–Crippen MR) is 102 cm³/mol. The molecule has 0 aliphatic rings. The third-order valence-corrected chi connectivity index (χ3v) is 4.02. The minimum Gasteiger partial charge on any atom is -0.341 e. The van der Waals surface area contributed by atoms with Crippen LogP contribution in [0.3, 0.4) is 0 Å². The summed E-state index contributed by atoms with van der Waals surface area (Å²) >= 11 is 0. The van der Waals surface area contributed by atoms with Crippen LogP contribution in [0.4, 0.5) is 8.78 Å². The zero-order valence-electron chi connectivity index (χ0n) is 15.9. The molecule has 0 radical (unpaired) electrons. The van der Waals surface area contributed by atoms with E-state index in [1.165, 1.54) is 10.9 Å². The van der Waals surface area contributed by atoms with Crippen molar-refractivity contribution < 1.29 is 18.1 Å². The lowest BCUT2D eigenvalue weighted by Crippen LogP contribution is -2.23. The Labute approximate surface area is 166 Å². The van der Waals surface area contributed by atoms with Gasteiger partial charge in [-0.15, -0.1) is 6.42 Å². The molecule has 29 heavy (non-hydrogen) atoms. The van der Waals surface area contributed by atoms with E-state index in [9.17, 15) is 13.6 Å². The molecule has 0 atom stereocenters. The highest BCUT2D eigenvalue weighted by Crippen LogP contribution is 2.32. The Bertz CT molecular complexity index is 1050. The largest absolute Gasteiger partial charge is 0.341 e. The van der Waals surface area contributed by atoms with Gasteiger partial charge in [0.1, 0.15) is 5.69 Å². The predicted octanol–water partition coefficient (Wildman–Crippen LogP) is 3.56. The van der Waals surface area contributed by atoms with Crippen LogP contribution < -0.4 is 5.32 Å². The first-order valence-corrected chi connectivity index (χ1v) is 8.90. The topological polar surface area (TPSA) is 85.8 Å². The number of halogens is 2. The molecule has 9 heteroatoms. The first-order valence-electron chi connectivity index (χ1n) is 8.90. The molecule has 0 aliphatic heterocycles. The molecule has 1 N–H and O–H groups in total. The van der Waals surface area contributed by atoms with Gasteiger partial charge >= 0.3 is 0 Å². The standard InChI is InChI=1S/C20H19F2N5O2/c1-4-8-23-19(28)14-7-5-6-13(9-14)18-25-20(29-26-18)15-10-24-27(11-12(2)3)16(15)17(21)22/h1,5-7,9-10,12,17H,8,11H2,2-3H3,(H,23,28). The van der Waals surface area contributed by atoms with Crippen molar-refractivity contribution in [3.05, 3.63) is 41.7 Å². The monoisotopic (exact) mass is 399 g/mol. The first-order chi connectivity index (χ1) is 13.9. The van der Waals surface area contributed by atoms with E-state index in [2.05, 4.69) is 26.5 Å². The van der Waals surface area contributed by atoms with Gasteiger partial charge in [-0.05, 0) is 18.1 Å². The second-order valence-corrected chi connectivity index (χ2v) is 6.71. The third kappa shape index (κ3) is 4.48. The van der Waals surface area contributed by atoms with Crippen molar-refractivity contribution in [1.29, 1.82) is 0 Å². The Kier molecular flexibility index (Phi) is 6.02. The first kappa shape index (κ1) is 20.2. The van der Waals surface area contributed by atoms with E-state index in [0.717, 1.165) is 0 Å². The summed E-state index contributed by atoms with van der Waals surface area (Å²) in [5, 5.41) is 10.5. The van der Waals surface area contributed by atoms with Gasteiger partial charge < -0.3 is 9.84 Å². The zero-order valence-corrected chi connectivity index (χ0v) is 15.9. The lowest BCUT2D eigenvalue weighted by molar-refractivity contribution is 0.0958. The van der Waals surface area contributed by atoms with Gasteiger partial charge in [0.25, 0.3) is 18.2 Å². The molecule has 0 bridgehead atoms. The van der Waals surface area contributed by atoms with Gasteiger partial charge in [-0.1, -0.05) is 37.1 Å². The van der Waals surface area contributed by atoms with E-state index < -0.39 is 6.43 Å². The third-order valence-electron chi connectivity index (χ3n) is 4.02. The fraction of sp³-hybridized carbons (Fsp3) is 0.300. The van der Waals surface area contributed by atoms with Crippen molar-refractivity contribution in [1.82, 2.24) is 25.2 Å². The van der Waals surface area contributed by atoms with E-state index in [0.29, 0.717) is 17.7 Å². The molecule has 0 saturated heterocycles. The van der Waals surface area contributed by atoms with E-state index in [1.807, 2.05) is 13.8 Å². The number of terminal acetylenes is 1. The van der Waals surface area contributed by atoms with Crippen molar-refractivity contribution in [3.8, 4) is 35.2 Å². The quantitative estimate of drug-likeness (QED) is 0.614. The molecule has 0 spiro atoms. The normalized spacial score (nSPS) is 11.1. The van der Waals surface area contributed by atoms with Crippen LogP contribution in [0, 0.1) is 18.3 Å². The number of amides is 1. The Balaban J connectivity index is 1.92. The average molecular weight is 399 g/mol. The smallest absolute Gasteiger partial charge is 0.280 e. The van der Waals surface area contributed by atoms with Crippen LogP contribution in [-0.4, -0.2) is 32.4 Å². The summed E-state index contributed by atoms with van der Waals surface area (Å²) in [6.07, 6.45) is 3.69. The van der Waals surface area contributed by atoms with Gasteiger partial charge in [0, 0.05) is 17.7 Å². The Morgan fingerprint density at radius 3 is 2.86 bits per heavy atom. The Morgan fingerprint density at radius 1 is 1.38 bits per heavy atom. The van der Waals surface area contributed by atoms with Crippen LogP contribution in [0.1, 0.15) is 36.3 Å². The summed E-state index contributed by atoms with van der Waals surface area (Å²) in [5.74, 6) is 2.23. The van der Waals surface area contributed by atoms with E-state index in [1.54, 1.807) is 24.3 Å². The van der Waals surface area contributed by atoms with Crippen LogP contribution >= 0.6 is 0 Å². The molecule has 2 heterocycles. The number of hydrogen-bond donors (Lipinski definition) is 1. The molecule has 0 saturated carbocycles. The second-order valence-electron chi connectivity index (χ2n) is 6.71. The van der Waals surface area contributed by atoms with Gasteiger partial charge in [-0.25, -0.2) is 8.78 Å². The average Bonchev–Trinajstić information content (AvgIpc) is 3.32. The molecule has 7 nitrogen and oxygen atoms in total. The van der Waals surface area contributed by atoms with Gasteiger partial charge in [-0.2, -0.15) is 10.1 Å². The minimum absolute atomic E-state index is 0.0625. The highest BCUT2D eigenvalue weighted by Gasteiger charge is 2.25. The van der Waals surface area contributed by atoms with E-state index >= 15 is 0 Å². The number of hydrogen-bond acceptors (Lipinski definition) is 5. The van der Waals surface area contributed by atoms with Crippen molar-refractivity contribution in [3.63, 3.8) is 0 Å². The number of alkyl halides is 2. The molecular formula is C20H19F2N5O2. The number of rotatable bonds is 7. The molecule has 3 rings (SSSR count).